The molecule has 1 aromatic rings. The van der Waals surface area contributed by atoms with E-state index in [1.165, 1.54) is 24.9 Å². The van der Waals surface area contributed by atoms with E-state index in [0.29, 0.717) is 0 Å². The van der Waals surface area contributed by atoms with E-state index in [2.05, 4.69) is 59.5 Å². The van der Waals surface area contributed by atoms with E-state index in [-0.39, 0.29) is 5.48 Å². The lowest BCUT2D eigenvalue weighted by atomic mass is 10.2. The van der Waals surface area contributed by atoms with E-state index in [9.17, 15) is 0 Å². The fourth-order valence-electron chi connectivity index (χ4n) is 1.94. The molecule has 2 N–H and O–H groups in total. The zero-order chi connectivity index (χ0) is 11.2. The second-order valence-corrected chi connectivity index (χ2v) is 4.34. The number of unbranched alkanes of at least 4 members (excludes halogenated alkanes) is 1. The third kappa shape index (κ3) is 4.11. The molecule has 94 valence electrons. The molecule has 1 aromatic carbocycles. The lowest BCUT2D eigenvalue weighted by molar-refractivity contribution is 0.257. The first-order valence-corrected chi connectivity index (χ1v) is 6.09. The number of nitrogens with zero attached hydrogens (tertiary/aromatic N) is 2. The Labute approximate surface area is 104 Å². The van der Waals surface area contributed by atoms with E-state index >= 15 is 0 Å². The van der Waals surface area contributed by atoms with Crippen LogP contribution in [0.1, 0.15) is 25.3 Å². The Morgan fingerprint density at radius 2 is 1.76 bits per heavy atom. The highest BCUT2D eigenvalue weighted by Crippen LogP contribution is 2.12. The predicted molar refractivity (Wildman–Crippen MR) is 71.2 cm³/mol. The second kappa shape index (κ2) is 6.97. The molecule has 0 saturated carbocycles. The molecule has 1 aliphatic rings. The van der Waals surface area contributed by atoms with Crippen molar-refractivity contribution >= 4 is 0 Å². The van der Waals surface area contributed by atoms with Crippen molar-refractivity contribution in [2.45, 2.75) is 26.3 Å². The number of rotatable bonds is 5. The molecule has 1 heterocycles. The van der Waals surface area contributed by atoms with Crippen LogP contribution in [0, 0.1) is 0 Å². The molecule has 17 heavy (non-hydrogen) atoms. The maximum atomic E-state index is 2.38. The molecule has 0 bridgehead atoms. The van der Waals surface area contributed by atoms with Crippen molar-refractivity contribution in [2.24, 2.45) is 0 Å². The number of benzene rings is 1. The summed E-state index contributed by atoms with van der Waals surface area (Å²) in [6.45, 7) is 5.47. The van der Waals surface area contributed by atoms with Crippen LogP contribution in [0.3, 0.4) is 0 Å². The van der Waals surface area contributed by atoms with Gasteiger partial charge < -0.3 is 15.3 Å². The van der Waals surface area contributed by atoms with Crippen molar-refractivity contribution in [1.29, 1.82) is 0 Å². The largest absolute Gasteiger partial charge is 0.412 e. The van der Waals surface area contributed by atoms with Crippen molar-refractivity contribution in [3.8, 4) is 0 Å². The fourth-order valence-corrected chi connectivity index (χ4v) is 1.94. The van der Waals surface area contributed by atoms with Gasteiger partial charge in [0.25, 0.3) is 0 Å². The minimum atomic E-state index is 0. The minimum Gasteiger partial charge on any atom is -0.412 e. The van der Waals surface area contributed by atoms with Crippen molar-refractivity contribution in [3.05, 3.63) is 48.3 Å². The van der Waals surface area contributed by atoms with Crippen LogP contribution in [0.2, 0.25) is 0 Å². The molecule has 0 fully saturated rings. The van der Waals surface area contributed by atoms with Gasteiger partial charge in [-0.3, -0.25) is 0 Å². The smallest absolute Gasteiger partial charge is 0.0897 e. The Hall–Kier alpha value is -1.48. The lowest BCUT2D eigenvalue weighted by Gasteiger charge is -2.21. The van der Waals surface area contributed by atoms with Crippen LogP contribution in [-0.4, -0.2) is 28.5 Å². The molecule has 3 nitrogen and oxygen atoms in total. The monoisotopic (exact) mass is 234 g/mol. The summed E-state index contributed by atoms with van der Waals surface area (Å²) in [7, 11) is 0. The summed E-state index contributed by atoms with van der Waals surface area (Å²) in [6.07, 6.45) is 6.95. The summed E-state index contributed by atoms with van der Waals surface area (Å²) in [5.41, 5.74) is 1.38. The van der Waals surface area contributed by atoms with Gasteiger partial charge in [-0.05, 0) is 12.0 Å². The van der Waals surface area contributed by atoms with Crippen LogP contribution >= 0.6 is 0 Å². The van der Waals surface area contributed by atoms with Crippen LogP contribution in [0.15, 0.2) is 42.7 Å². The average Bonchev–Trinajstić information content (AvgIpc) is 2.75. The van der Waals surface area contributed by atoms with Gasteiger partial charge >= 0.3 is 0 Å². The van der Waals surface area contributed by atoms with Gasteiger partial charge in [-0.15, -0.1) is 0 Å². The molecular formula is C14H22N2O. The van der Waals surface area contributed by atoms with Crippen molar-refractivity contribution in [3.63, 3.8) is 0 Å². The van der Waals surface area contributed by atoms with E-state index < -0.39 is 0 Å². The summed E-state index contributed by atoms with van der Waals surface area (Å²) in [6, 6.07) is 10.6. The van der Waals surface area contributed by atoms with Crippen LogP contribution in [0.25, 0.3) is 0 Å². The summed E-state index contributed by atoms with van der Waals surface area (Å²) < 4.78 is 0. The first-order chi connectivity index (χ1) is 7.88. The Morgan fingerprint density at radius 3 is 2.47 bits per heavy atom. The maximum Gasteiger partial charge on any atom is 0.0897 e. The lowest BCUT2D eigenvalue weighted by Crippen LogP contribution is -2.25. The van der Waals surface area contributed by atoms with Crippen LogP contribution in [0.4, 0.5) is 0 Å². The SMILES string of the molecule is CCCCN1C=CN(Cc2ccccc2)C1.O. The van der Waals surface area contributed by atoms with Gasteiger partial charge in [0.15, 0.2) is 0 Å². The first-order valence-electron chi connectivity index (χ1n) is 6.09. The van der Waals surface area contributed by atoms with Crippen molar-refractivity contribution < 1.29 is 5.48 Å². The molecule has 0 amide bonds. The first kappa shape index (κ1) is 13.6. The molecule has 0 spiro atoms. The topological polar surface area (TPSA) is 38.0 Å². The van der Waals surface area contributed by atoms with Gasteiger partial charge in [-0.1, -0.05) is 43.7 Å². The molecule has 1 aliphatic heterocycles. The zero-order valence-electron chi connectivity index (χ0n) is 10.5. The third-order valence-corrected chi connectivity index (χ3v) is 2.88. The van der Waals surface area contributed by atoms with Gasteiger partial charge in [-0.25, -0.2) is 0 Å². The fraction of sp³-hybridized carbons (Fsp3) is 0.429. The second-order valence-electron chi connectivity index (χ2n) is 4.34. The molecular weight excluding hydrogens is 212 g/mol. The standard InChI is InChI=1S/C14H20N2.H2O/c1-2-3-9-15-10-11-16(13-15)12-14-7-5-4-6-8-14;/h4-8,10-11H,2-3,9,12-13H2,1H3;1H2. The van der Waals surface area contributed by atoms with Gasteiger partial charge in [0, 0.05) is 25.5 Å². The molecule has 0 saturated heterocycles. The normalized spacial score (nSPS) is 13.9. The molecule has 0 radical (unpaired) electrons. The van der Waals surface area contributed by atoms with E-state index in [4.69, 9.17) is 0 Å². The molecule has 0 aliphatic carbocycles. The molecule has 2 rings (SSSR count). The summed E-state index contributed by atoms with van der Waals surface area (Å²) in [5, 5.41) is 0. The van der Waals surface area contributed by atoms with E-state index in [1.54, 1.807) is 0 Å². The Morgan fingerprint density at radius 1 is 1.06 bits per heavy atom. The van der Waals surface area contributed by atoms with Crippen molar-refractivity contribution in [1.82, 2.24) is 9.80 Å². The molecule has 3 heteroatoms. The average molecular weight is 234 g/mol. The summed E-state index contributed by atoms with van der Waals surface area (Å²) >= 11 is 0. The Balaban J connectivity index is 0.00000144. The summed E-state index contributed by atoms with van der Waals surface area (Å²) in [4.78, 5) is 4.73. The minimum absolute atomic E-state index is 0. The number of hydrogen-bond acceptors (Lipinski definition) is 2. The molecule has 0 aromatic heterocycles. The van der Waals surface area contributed by atoms with Gasteiger partial charge in [0.1, 0.15) is 0 Å². The quantitative estimate of drug-likeness (QED) is 0.783. The Kier molecular flexibility index (Phi) is 5.57. The van der Waals surface area contributed by atoms with Crippen LogP contribution in [-0.2, 0) is 6.54 Å². The van der Waals surface area contributed by atoms with Crippen LogP contribution < -0.4 is 0 Å². The summed E-state index contributed by atoms with van der Waals surface area (Å²) in [5.74, 6) is 0. The number of hydrogen-bond donors (Lipinski definition) is 0. The predicted octanol–water partition coefficient (Wildman–Crippen LogP) is 2.21. The van der Waals surface area contributed by atoms with E-state index in [0.717, 1.165) is 13.2 Å². The van der Waals surface area contributed by atoms with Gasteiger partial charge in [-0.2, -0.15) is 0 Å². The zero-order valence-corrected chi connectivity index (χ0v) is 10.5. The maximum absolute atomic E-state index is 2.38. The Bertz CT molecular complexity index is 337. The van der Waals surface area contributed by atoms with Crippen LogP contribution in [0.5, 0.6) is 0 Å². The third-order valence-electron chi connectivity index (χ3n) is 2.88. The highest BCUT2D eigenvalue weighted by molar-refractivity contribution is 5.15. The highest BCUT2D eigenvalue weighted by atomic mass is 16.0. The van der Waals surface area contributed by atoms with Crippen molar-refractivity contribution in [2.75, 3.05) is 13.2 Å². The molecule has 0 unspecified atom stereocenters. The van der Waals surface area contributed by atoms with Gasteiger partial charge in [0.05, 0.1) is 6.67 Å². The van der Waals surface area contributed by atoms with E-state index in [1.807, 2.05) is 0 Å². The van der Waals surface area contributed by atoms with Gasteiger partial charge in [0.2, 0.25) is 0 Å². The highest BCUT2D eigenvalue weighted by Gasteiger charge is 2.11. The molecule has 0 atom stereocenters.